The van der Waals surface area contributed by atoms with Crippen LogP contribution in [0.4, 0.5) is 0 Å². The Morgan fingerprint density at radius 3 is 2.75 bits per heavy atom. The highest BCUT2D eigenvalue weighted by Gasteiger charge is 2.35. The molecular formula is C9H16O2Si. The molecule has 0 fully saturated rings. The van der Waals surface area contributed by atoms with Crippen LogP contribution in [0, 0.1) is 0 Å². The van der Waals surface area contributed by atoms with Crippen LogP contribution in [0.3, 0.4) is 0 Å². The average Bonchev–Trinajstić information content (AvgIpc) is 2.18. The largest absolute Gasteiger partial charge is 0.417 e. The van der Waals surface area contributed by atoms with E-state index in [-0.39, 0.29) is 6.23 Å². The lowest BCUT2D eigenvalue weighted by molar-refractivity contribution is 0.296. The van der Waals surface area contributed by atoms with Crippen LogP contribution in [0.1, 0.15) is 6.42 Å². The molecule has 0 aromatic carbocycles. The van der Waals surface area contributed by atoms with Gasteiger partial charge in [0.2, 0.25) is 8.32 Å². The predicted molar refractivity (Wildman–Crippen MR) is 52.4 cm³/mol. The second-order valence-electron chi connectivity index (χ2n) is 3.33. The molecule has 0 saturated carbocycles. The van der Waals surface area contributed by atoms with Gasteiger partial charge in [-0.25, -0.2) is 0 Å². The Balaban J connectivity index is 2.66. The molecular weight excluding hydrogens is 168 g/mol. The highest BCUT2D eigenvalue weighted by molar-refractivity contribution is 6.74. The maximum Gasteiger partial charge on any atom is 0.221 e. The normalized spacial score (nSPS) is 27.1. The maximum atomic E-state index is 9.22. The lowest BCUT2D eigenvalue weighted by atomic mass is 10.2. The van der Waals surface area contributed by atoms with Gasteiger partial charge >= 0.3 is 0 Å². The van der Waals surface area contributed by atoms with Gasteiger partial charge in [0.1, 0.15) is 0 Å². The Hall–Kier alpha value is -0.383. The topological polar surface area (TPSA) is 29.5 Å². The third-order valence-corrected chi connectivity index (χ3v) is 6.10. The Labute approximate surface area is 74.7 Å². The Morgan fingerprint density at radius 2 is 2.33 bits per heavy atom. The molecule has 1 aliphatic carbocycles. The molecule has 0 aliphatic heterocycles. The maximum absolute atomic E-state index is 9.22. The molecule has 0 aromatic rings. The van der Waals surface area contributed by atoms with E-state index in [9.17, 15) is 5.11 Å². The zero-order valence-corrected chi connectivity index (χ0v) is 8.66. The van der Waals surface area contributed by atoms with Crippen LogP contribution in [0.5, 0.6) is 0 Å². The number of hydrogen-bond donors (Lipinski definition) is 1. The zero-order chi connectivity index (χ0) is 9.03. The fraction of sp³-hybridized carbons (Fsp3) is 0.556. The van der Waals surface area contributed by atoms with Gasteiger partial charge in [0.05, 0.1) is 6.23 Å². The molecule has 1 N–H and O–H groups in total. The van der Waals surface area contributed by atoms with Crippen LogP contribution >= 0.6 is 0 Å². The van der Waals surface area contributed by atoms with E-state index < -0.39 is 8.32 Å². The minimum atomic E-state index is -1.88. The Kier molecular flexibility index (Phi) is 3.26. The summed E-state index contributed by atoms with van der Waals surface area (Å²) in [7, 11) is -0.176. The van der Waals surface area contributed by atoms with Gasteiger partial charge in [0.25, 0.3) is 0 Å². The molecule has 12 heavy (non-hydrogen) atoms. The van der Waals surface area contributed by atoms with Gasteiger partial charge in [-0.3, -0.25) is 0 Å². The fourth-order valence-electron chi connectivity index (χ4n) is 1.37. The Bertz CT molecular complexity index is 195. The first-order chi connectivity index (χ1) is 5.73. The number of hydrogen-bond acceptors (Lipinski definition) is 2. The summed E-state index contributed by atoms with van der Waals surface area (Å²) in [5.41, 5.74) is 0.428. The van der Waals surface area contributed by atoms with E-state index in [2.05, 4.69) is 18.7 Å². The third-order valence-electron chi connectivity index (χ3n) is 2.55. The monoisotopic (exact) mass is 184 g/mol. The average molecular weight is 184 g/mol. The molecule has 0 amide bonds. The summed E-state index contributed by atoms with van der Waals surface area (Å²) in [6.07, 6.45) is 9.56. The summed E-state index contributed by atoms with van der Waals surface area (Å²) in [4.78, 5) is 0. The van der Waals surface area contributed by atoms with Gasteiger partial charge in [0.15, 0.2) is 0 Å². The van der Waals surface area contributed by atoms with Gasteiger partial charge in [0, 0.05) is 12.7 Å². The van der Waals surface area contributed by atoms with Crippen LogP contribution in [0.15, 0.2) is 24.3 Å². The molecule has 3 heteroatoms. The molecule has 2 nitrogen and oxygen atoms in total. The lowest BCUT2D eigenvalue weighted by Crippen LogP contribution is -2.43. The number of aliphatic hydroxyl groups is 1. The van der Waals surface area contributed by atoms with Gasteiger partial charge in [-0.1, -0.05) is 24.3 Å². The van der Waals surface area contributed by atoms with Gasteiger partial charge in [-0.05, 0) is 13.0 Å². The van der Waals surface area contributed by atoms with Gasteiger partial charge in [-0.15, -0.1) is 0 Å². The summed E-state index contributed by atoms with van der Waals surface area (Å²) >= 11 is 0. The highest BCUT2D eigenvalue weighted by Crippen LogP contribution is 2.29. The van der Waals surface area contributed by atoms with Crippen LogP contribution in [0.2, 0.25) is 12.1 Å². The number of rotatable bonds is 3. The molecule has 0 bridgehead atoms. The molecule has 0 aromatic heterocycles. The van der Waals surface area contributed by atoms with Crippen molar-refractivity contribution in [3.05, 3.63) is 24.3 Å². The predicted octanol–water partition coefficient (Wildman–Crippen LogP) is 1.63. The van der Waals surface area contributed by atoms with E-state index >= 15 is 0 Å². The van der Waals surface area contributed by atoms with Crippen molar-refractivity contribution in [2.45, 2.75) is 18.5 Å². The first-order valence-electron chi connectivity index (χ1n) is 4.22. The van der Waals surface area contributed by atoms with E-state index in [4.69, 9.17) is 4.43 Å². The Morgan fingerprint density at radius 1 is 1.58 bits per heavy atom. The van der Waals surface area contributed by atoms with Crippen LogP contribution in [-0.4, -0.2) is 26.8 Å². The summed E-state index contributed by atoms with van der Waals surface area (Å²) in [5, 5.41) is 9.22. The smallest absolute Gasteiger partial charge is 0.221 e. The van der Waals surface area contributed by atoms with Crippen molar-refractivity contribution in [1.29, 1.82) is 0 Å². The quantitative estimate of drug-likeness (QED) is 0.675. The van der Waals surface area contributed by atoms with Crippen molar-refractivity contribution in [3.63, 3.8) is 0 Å². The summed E-state index contributed by atoms with van der Waals surface area (Å²) < 4.78 is 5.43. The molecule has 2 atom stereocenters. The minimum absolute atomic E-state index is 0.201. The summed E-state index contributed by atoms with van der Waals surface area (Å²) in [6.45, 7) is 2.07. The first kappa shape index (κ1) is 9.70. The van der Waals surface area contributed by atoms with Gasteiger partial charge in [-0.2, -0.15) is 0 Å². The second kappa shape index (κ2) is 4.03. The van der Waals surface area contributed by atoms with Crippen molar-refractivity contribution in [1.82, 2.24) is 0 Å². The van der Waals surface area contributed by atoms with Crippen molar-refractivity contribution < 1.29 is 9.53 Å². The van der Waals surface area contributed by atoms with Crippen molar-refractivity contribution in [2.75, 3.05) is 13.3 Å². The van der Waals surface area contributed by atoms with Crippen molar-refractivity contribution in [3.8, 4) is 0 Å². The standard InChI is InChI=1S/C9H16O2Si/c1-11-12(2,8-10)9-6-4-3-5-7-9/h3-6,9-10H,7-8H2,1-2H3. The van der Waals surface area contributed by atoms with E-state index in [0.29, 0.717) is 5.54 Å². The van der Waals surface area contributed by atoms with E-state index in [1.165, 1.54) is 0 Å². The molecule has 1 rings (SSSR count). The van der Waals surface area contributed by atoms with Crippen molar-refractivity contribution in [2.24, 2.45) is 0 Å². The molecule has 1 aliphatic rings. The van der Waals surface area contributed by atoms with Crippen LogP contribution in [-0.2, 0) is 4.43 Å². The SMILES string of the molecule is CO[Si](C)(CO)C1C=CC=CC1. The molecule has 0 radical (unpaired) electrons. The van der Waals surface area contributed by atoms with E-state index in [1.807, 2.05) is 12.2 Å². The van der Waals surface area contributed by atoms with Crippen LogP contribution in [0.25, 0.3) is 0 Å². The molecule has 0 heterocycles. The fourth-order valence-corrected chi connectivity index (χ4v) is 3.19. The number of aliphatic hydroxyl groups excluding tert-OH is 1. The molecule has 0 saturated heterocycles. The summed E-state index contributed by atoms with van der Waals surface area (Å²) in [5.74, 6) is 0. The zero-order valence-electron chi connectivity index (χ0n) is 7.66. The number of allylic oxidation sites excluding steroid dienone is 4. The second-order valence-corrected chi connectivity index (χ2v) is 7.42. The van der Waals surface area contributed by atoms with Gasteiger partial charge < -0.3 is 9.53 Å². The minimum Gasteiger partial charge on any atom is -0.417 e. The summed E-state index contributed by atoms with van der Waals surface area (Å²) in [6, 6.07) is 0. The van der Waals surface area contributed by atoms with Crippen LogP contribution < -0.4 is 0 Å². The first-order valence-corrected chi connectivity index (χ1v) is 6.91. The van der Waals surface area contributed by atoms with E-state index in [0.717, 1.165) is 6.42 Å². The lowest BCUT2D eigenvalue weighted by Gasteiger charge is -2.30. The van der Waals surface area contributed by atoms with Crippen molar-refractivity contribution >= 4 is 8.32 Å². The molecule has 68 valence electrons. The third kappa shape index (κ3) is 1.86. The molecule has 2 unspecified atom stereocenters. The molecule has 0 spiro atoms. The highest BCUT2D eigenvalue weighted by atomic mass is 28.4. The van der Waals surface area contributed by atoms with E-state index in [1.54, 1.807) is 7.11 Å².